The molecular weight excluding hydrogens is 431 g/mol. The minimum absolute atomic E-state index is 0. The molecule has 0 radical (unpaired) electrons. The van der Waals surface area contributed by atoms with E-state index in [-0.39, 0.29) is 36.8 Å². The maximum atomic E-state index is 12.6. The Morgan fingerprint density at radius 3 is 2.39 bits per heavy atom. The van der Waals surface area contributed by atoms with E-state index in [0.717, 1.165) is 44.7 Å². The first-order valence-electron chi connectivity index (χ1n) is 10.8. The van der Waals surface area contributed by atoms with Crippen LogP contribution in [0, 0.1) is 0 Å². The normalized spacial score (nSPS) is 18.5. The number of fused-ring (bicyclic) bond motifs is 1. The fraction of sp³-hybridized carbons (Fsp3) is 0.458. The SMILES string of the molecule is CC(C)N1CCN(c2ccc(C(=O)NCC3NCCc4ccccc43)cc2)CC1.Cl.Cl. The van der Waals surface area contributed by atoms with E-state index in [1.807, 2.05) is 12.1 Å². The highest BCUT2D eigenvalue weighted by Crippen LogP contribution is 2.22. The number of halogens is 2. The molecule has 2 aliphatic heterocycles. The Kier molecular flexibility index (Phi) is 9.63. The van der Waals surface area contributed by atoms with Crippen LogP contribution in [0.4, 0.5) is 5.69 Å². The third-order valence-electron chi connectivity index (χ3n) is 6.22. The summed E-state index contributed by atoms with van der Waals surface area (Å²) >= 11 is 0. The molecule has 2 aromatic carbocycles. The van der Waals surface area contributed by atoms with E-state index in [1.54, 1.807) is 0 Å². The summed E-state index contributed by atoms with van der Waals surface area (Å²) in [6.45, 7) is 10.3. The maximum absolute atomic E-state index is 12.6. The lowest BCUT2D eigenvalue weighted by atomic mass is 9.94. The highest BCUT2D eigenvalue weighted by molar-refractivity contribution is 5.94. The second-order valence-electron chi connectivity index (χ2n) is 8.33. The predicted molar refractivity (Wildman–Crippen MR) is 133 cm³/mol. The number of rotatable bonds is 5. The molecule has 170 valence electrons. The van der Waals surface area contributed by atoms with Gasteiger partial charge in [-0.1, -0.05) is 24.3 Å². The van der Waals surface area contributed by atoms with E-state index in [2.05, 4.69) is 70.7 Å². The number of carbonyl (C=O) groups excluding carboxylic acids is 1. The summed E-state index contributed by atoms with van der Waals surface area (Å²) < 4.78 is 0. The molecule has 2 N–H and O–H groups in total. The topological polar surface area (TPSA) is 47.6 Å². The molecular formula is C24H34Cl2N4O. The third kappa shape index (κ3) is 6.13. The van der Waals surface area contributed by atoms with Crippen LogP contribution in [0.15, 0.2) is 48.5 Å². The van der Waals surface area contributed by atoms with Crippen LogP contribution >= 0.6 is 24.8 Å². The van der Waals surface area contributed by atoms with E-state index in [9.17, 15) is 4.79 Å². The minimum Gasteiger partial charge on any atom is -0.369 e. The Balaban J connectivity index is 0.00000171. The monoisotopic (exact) mass is 464 g/mol. The number of hydrogen-bond donors (Lipinski definition) is 2. The van der Waals surface area contributed by atoms with Crippen molar-refractivity contribution in [2.45, 2.75) is 32.4 Å². The fourth-order valence-electron chi connectivity index (χ4n) is 4.39. The van der Waals surface area contributed by atoms with Gasteiger partial charge in [0.1, 0.15) is 0 Å². The van der Waals surface area contributed by atoms with Crippen LogP contribution in [0.1, 0.15) is 41.4 Å². The van der Waals surface area contributed by atoms with Crippen LogP contribution in [0.5, 0.6) is 0 Å². The Labute approximate surface area is 198 Å². The Hall–Kier alpha value is -1.79. The minimum atomic E-state index is -0.00830. The quantitative estimate of drug-likeness (QED) is 0.708. The van der Waals surface area contributed by atoms with Gasteiger partial charge in [0, 0.05) is 56.1 Å². The van der Waals surface area contributed by atoms with Crippen LogP contribution in [0.2, 0.25) is 0 Å². The zero-order chi connectivity index (χ0) is 20.2. The molecule has 0 aromatic heterocycles. The molecule has 4 rings (SSSR count). The van der Waals surface area contributed by atoms with Gasteiger partial charge in [-0.15, -0.1) is 24.8 Å². The average Bonchev–Trinajstić information content (AvgIpc) is 2.77. The van der Waals surface area contributed by atoms with Crippen molar-refractivity contribution in [3.8, 4) is 0 Å². The highest BCUT2D eigenvalue weighted by Gasteiger charge is 2.21. The highest BCUT2D eigenvalue weighted by atomic mass is 35.5. The van der Waals surface area contributed by atoms with Crippen LogP contribution in [0.3, 0.4) is 0 Å². The number of piperazine rings is 1. The molecule has 0 bridgehead atoms. The summed E-state index contributed by atoms with van der Waals surface area (Å²) in [5.41, 5.74) is 4.61. The molecule has 0 spiro atoms. The molecule has 7 heteroatoms. The van der Waals surface area contributed by atoms with Crippen LogP contribution in [-0.4, -0.2) is 56.1 Å². The van der Waals surface area contributed by atoms with Gasteiger partial charge in [0.15, 0.2) is 0 Å². The van der Waals surface area contributed by atoms with Crippen molar-refractivity contribution >= 4 is 36.4 Å². The van der Waals surface area contributed by atoms with Gasteiger partial charge in [-0.25, -0.2) is 0 Å². The van der Waals surface area contributed by atoms with E-state index in [4.69, 9.17) is 0 Å². The van der Waals surface area contributed by atoms with Crippen LogP contribution in [-0.2, 0) is 6.42 Å². The first-order valence-corrected chi connectivity index (χ1v) is 10.8. The Morgan fingerprint density at radius 1 is 1.03 bits per heavy atom. The number of nitrogens with one attached hydrogen (secondary N) is 2. The predicted octanol–water partition coefficient (Wildman–Crippen LogP) is 3.68. The van der Waals surface area contributed by atoms with Gasteiger partial charge >= 0.3 is 0 Å². The number of benzene rings is 2. The number of hydrogen-bond acceptors (Lipinski definition) is 4. The number of amides is 1. The maximum Gasteiger partial charge on any atom is 0.251 e. The second-order valence-corrected chi connectivity index (χ2v) is 8.33. The first-order chi connectivity index (χ1) is 14.1. The lowest BCUT2D eigenvalue weighted by Gasteiger charge is -2.38. The van der Waals surface area contributed by atoms with Crippen molar-refractivity contribution in [1.29, 1.82) is 0 Å². The van der Waals surface area contributed by atoms with Crippen molar-refractivity contribution in [3.63, 3.8) is 0 Å². The largest absolute Gasteiger partial charge is 0.369 e. The number of anilines is 1. The molecule has 0 saturated carbocycles. The van der Waals surface area contributed by atoms with Gasteiger partial charge in [-0.05, 0) is 62.2 Å². The fourth-order valence-corrected chi connectivity index (χ4v) is 4.39. The summed E-state index contributed by atoms with van der Waals surface area (Å²) in [7, 11) is 0. The van der Waals surface area contributed by atoms with Gasteiger partial charge in [0.25, 0.3) is 5.91 Å². The van der Waals surface area contributed by atoms with Gasteiger partial charge in [-0.2, -0.15) is 0 Å². The van der Waals surface area contributed by atoms with Crippen LogP contribution < -0.4 is 15.5 Å². The van der Waals surface area contributed by atoms with E-state index < -0.39 is 0 Å². The summed E-state index contributed by atoms with van der Waals surface area (Å²) in [6, 6.07) is 17.3. The van der Waals surface area contributed by atoms with E-state index in [1.165, 1.54) is 16.8 Å². The Bertz CT molecular complexity index is 836. The third-order valence-corrected chi connectivity index (χ3v) is 6.22. The van der Waals surface area contributed by atoms with Gasteiger partial charge in [0.2, 0.25) is 0 Å². The Morgan fingerprint density at radius 2 is 1.71 bits per heavy atom. The van der Waals surface area contributed by atoms with Crippen molar-refractivity contribution in [2.24, 2.45) is 0 Å². The standard InChI is InChI=1S/C24H32N4O.2ClH/c1-18(2)27-13-15-28(16-14-27)21-9-7-20(8-10-21)24(29)26-17-23-22-6-4-3-5-19(22)11-12-25-23;;/h3-10,18,23,25H,11-17H2,1-2H3,(H,26,29);2*1H. The molecule has 1 unspecified atom stereocenters. The van der Waals surface area contributed by atoms with E-state index in [0.29, 0.717) is 12.6 Å². The smallest absolute Gasteiger partial charge is 0.251 e. The van der Waals surface area contributed by atoms with Crippen molar-refractivity contribution < 1.29 is 4.79 Å². The average molecular weight is 465 g/mol. The zero-order valence-corrected chi connectivity index (χ0v) is 20.0. The summed E-state index contributed by atoms with van der Waals surface area (Å²) in [4.78, 5) is 17.6. The lowest BCUT2D eigenvalue weighted by Crippen LogP contribution is -2.48. The second kappa shape index (κ2) is 11.7. The molecule has 2 heterocycles. The number of carbonyl (C=O) groups is 1. The zero-order valence-electron chi connectivity index (χ0n) is 18.3. The molecule has 31 heavy (non-hydrogen) atoms. The summed E-state index contributed by atoms with van der Waals surface area (Å²) in [6.07, 6.45) is 1.05. The lowest BCUT2D eigenvalue weighted by molar-refractivity contribution is 0.0949. The summed E-state index contributed by atoms with van der Waals surface area (Å²) in [5.74, 6) is -0.00830. The molecule has 1 fully saturated rings. The van der Waals surface area contributed by atoms with Crippen molar-refractivity contribution in [3.05, 3.63) is 65.2 Å². The molecule has 1 saturated heterocycles. The van der Waals surface area contributed by atoms with Crippen molar-refractivity contribution in [2.75, 3.05) is 44.2 Å². The molecule has 5 nitrogen and oxygen atoms in total. The molecule has 0 aliphatic carbocycles. The molecule has 2 aliphatic rings. The molecule has 2 aromatic rings. The van der Waals surface area contributed by atoms with Gasteiger partial charge in [0.05, 0.1) is 0 Å². The molecule has 1 atom stereocenters. The number of nitrogens with zero attached hydrogens (tertiary/aromatic N) is 2. The molecule has 1 amide bonds. The van der Waals surface area contributed by atoms with Gasteiger partial charge in [-0.3, -0.25) is 9.69 Å². The summed E-state index contributed by atoms with van der Waals surface area (Å²) in [5, 5.41) is 6.63. The first kappa shape index (κ1) is 25.5. The van der Waals surface area contributed by atoms with Gasteiger partial charge < -0.3 is 15.5 Å². The van der Waals surface area contributed by atoms with Crippen molar-refractivity contribution in [1.82, 2.24) is 15.5 Å². The van der Waals surface area contributed by atoms with Crippen LogP contribution in [0.25, 0.3) is 0 Å². The van der Waals surface area contributed by atoms with E-state index >= 15 is 0 Å².